The van der Waals surface area contributed by atoms with E-state index in [1.165, 1.54) is 62.2 Å². The van der Waals surface area contributed by atoms with Crippen molar-refractivity contribution in [2.75, 3.05) is 0 Å². The monoisotopic (exact) mass is 685 g/mol. The lowest BCUT2D eigenvalue weighted by atomic mass is 10.0. The third-order valence-electron chi connectivity index (χ3n) is 10.0. The molecule has 0 fully saturated rings. The molecule has 238 valence electrons. The van der Waals surface area contributed by atoms with Crippen LogP contribution in [-0.2, 0) is 0 Å². The van der Waals surface area contributed by atoms with Crippen LogP contribution in [0.1, 0.15) is 0 Å². The normalized spacial score (nSPS) is 11.9. The Morgan fingerprint density at radius 1 is 0.392 bits per heavy atom. The van der Waals surface area contributed by atoms with Crippen molar-refractivity contribution in [1.82, 2.24) is 14.5 Å². The van der Waals surface area contributed by atoms with E-state index in [2.05, 4.69) is 144 Å². The smallest absolute Gasteiger partial charge is 0.160 e. The lowest BCUT2D eigenvalue weighted by molar-refractivity contribution is 1.18. The Balaban J connectivity index is 1.17. The third-order valence-corrected chi connectivity index (χ3v) is 12.3. The van der Waals surface area contributed by atoms with Crippen LogP contribution in [0, 0.1) is 0 Å². The first-order chi connectivity index (χ1) is 25.3. The molecule has 51 heavy (non-hydrogen) atoms. The molecule has 0 saturated carbocycles. The average Bonchev–Trinajstić information content (AvgIpc) is 3.86. The molecule has 5 heteroatoms. The van der Waals surface area contributed by atoms with Gasteiger partial charge in [-0.15, -0.1) is 22.7 Å². The number of para-hydroxylation sites is 1. The molecule has 0 N–H and O–H groups in total. The number of hydrogen-bond acceptors (Lipinski definition) is 4. The number of thiophene rings is 2. The van der Waals surface area contributed by atoms with Crippen molar-refractivity contribution < 1.29 is 0 Å². The largest absolute Gasteiger partial charge is 0.309 e. The van der Waals surface area contributed by atoms with Gasteiger partial charge in [0.1, 0.15) is 0 Å². The predicted molar refractivity (Wildman–Crippen MR) is 218 cm³/mol. The minimum Gasteiger partial charge on any atom is -0.309 e. The Kier molecular flexibility index (Phi) is 6.29. The summed E-state index contributed by atoms with van der Waals surface area (Å²) < 4.78 is 7.60. The molecular formula is C46H27N3S2. The fourth-order valence-corrected chi connectivity index (χ4v) is 9.93. The fourth-order valence-electron chi connectivity index (χ4n) is 7.69. The van der Waals surface area contributed by atoms with E-state index in [0.717, 1.165) is 39.6 Å². The number of rotatable bonds is 4. The molecule has 4 aromatic heterocycles. The molecule has 4 heterocycles. The molecule has 0 aliphatic heterocycles. The molecule has 0 aliphatic rings. The van der Waals surface area contributed by atoms with Crippen molar-refractivity contribution in [1.29, 1.82) is 0 Å². The minimum atomic E-state index is 0.724. The van der Waals surface area contributed by atoms with E-state index in [1.807, 2.05) is 46.9 Å². The summed E-state index contributed by atoms with van der Waals surface area (Å²) in [7, 11) is 0. The van der Waals surface area contributed by atoms with E-state index in [4.69, 9.17) is 9.97 Å². The molecule has 0 unspecified atom stereocenters. The lowest BCUT2D eigenvalue weighted by Gasteiger charge is -2.11. The van der Waals surface area contributed by atoms with Gasteiger partial charge in [-0.1, -0.05) is 109 Å². The van der Waals surface area contributed by atoms with Crippen LogP contribution in [0.3, 0.4) is 0 Å². The maximum Gasteiger partial charge on any atom is 0.160 e. The molecule has 0 atom stereocenters. The first kappa shape index (κ1) is 28.7. The summed E-state index contributed by atoms with van der Waals surface area (Å²) in [6.45, 7) is 0. The van der Waals surface area contributed by atoms with Crippen molar-refractivity contribution in [3.05, 3.63) is 164 Å². The van der Waals surface area contributed by atoms with Crippen LogP contribution in [0.4, 0.5) is 0 Å². The standard InChI is InChI=1S/C46H27N3S2/c1-3-12-28(13-4-1)37-27-38(48-46(47-37)29-14-5-2-6-15-29)33-18-11-21-43-45(33)36-24-30(22-23-42(36)50-43)49-39-19-9-7-16-31(39)34-26-44-35(25-40(34)49)32-17-8-10-20-41(32)51-44/h1-27H. The van der Waals surface area contributed by atoms with Gasteiger partial charge in [0.2, 0.25) is 0 Å². The van der Waals surface area contributed by atoms with Crippen LogP contribution in [-0.4, -0.2) is 14.5 Å². The van der Waals surface area contributed by atoms with Gasteiger partial charge >= 0.3 is 0 Å². The quantitative estimate of drug-likeness (QED) is 0.185. The van der Waals surface area contributed by atoms with Gasteiger partial charge < -0.3 is 4.57 Å². The van der Waals surface area contributed by atoms with Crippen molar-refractivity contribution in [2.24, 2.45) is 0 Å². The van der Waals surface area contributed by atoms with Crippen molar-refractivity contribution >= 4 is 84.8 Å². The van der Waals surface area contributed by atoms with E-state index in [0.29, 0.717) is 0 Å². The first-order valence-corrected chi connectivity index (χ1v) is 18.7. The van der Waals surface area contributed by atoms with Gasteiger partial charge in [-0.2, -0.15) is 0 Å². The zero-order chi connectivity index (χ0) is 33.5. The summed E-state index contributed by atoms with van der Waals surface area (Å²) in [5, 5.41) is 7.63. The summed E-state index contributed by atoms with van der Waals surface area (Å²) in [5.74, 6) is 0.724. The zero-order valence-corrected chi connectivity index (χ0v) is 28.9. The van der Waals surface area contributed by atoms with Crippen LogP contribution in [0.15, 0.2) is 164 Å². The van der Waals surface area contributed by atoms with Gasteiger partial charge in [0, 0.05) is 73.5 Å². The number of fused-ring (bicyclic) bond motifs is 9. The van der Waals surface area contributed by atoms with E-state index in [-0.39, 0.29) is 0 Å². The molecule has 0 amide bonds. The highest BCUT2D eigenvalue weighted by Gasteiger charge is 2.19. The molecule has 0 bridgehead atoms. The van der Waals surface area contributed by atoms with E-state index in [9.17, 15) is 0 Å². The van der Waals surface area contributed by atoms with Gasteiger partial charge in [0.25, 0.3) is 0 Å². The second-order valence-corrected chi connectivity index (χ2v) is 15.1. The summed E-state index contributed by atoms with van der Waals surface area (Å²) in [5.41, 5.74) is 8.60. The molecule has 11 aromatic rings. The molecule has 0 saturated heterocycles. The van der Waals surface area contributed by atoms with Gasteiger partial charge in [-0.3, -0.25) is 0 Å². The molecule has 3 nitrogen and oxygen atoms in total. The molecule has 0 aliphatic carbocycles. The van der Waals surface area contributed by atoms with Gasteiger partial charge in [0.05, 0.1) is 22.4 Å². The van der Waals surface area contributed by atoms with Crippen LogP contribution >= 0.6 is 22.7 Å². The minimum absolute atomic E-state index is 0.724. The van der Waals surface area contributed by atoms with E-state index < -0.39 is 0 Å². The second-order valence-electron chi connectivity index (χ2n) is 13.0. The SMILES string of the molecule is c1ccc(-c2cc(-c3cccc4sc5ccc(-n6c7ccccc7c7cc8sc9ccccc9c8cc76)cc5c34)nc(-c3ccccc3)n2)cc1. The Hall–Kier alpha value is -6.14. The molecule has 0 spiro atoms. The third kappa shape index (κ3) is 4.49. The van der Waals surface area contributed by atoms with Crippen LogP contribution in [0.25, 0.3) is 102 Å². The number of benzene rings is 7. The Morgan fingerprint density at radius 3 is 1.94 bits per heavy atom. The molecule has 11 rings (SSSR count). The Labute approximate surface area is 301 Å². The maximum atomic E-state index is 5.23. The fraction of sp³-hybridized carbons (Fsp3) is 0. The van der Waals surface area contributed by atoms with Gasteiger partial charge in [-0.25, -0.2) is 9.97 Å². The van der Waals surface area contributed by atoms with Crippen molar-refractivity contribution in [2.45, 2.75) is 0 Å². The summed E-state index contributed by atoms with van der Waals surface area (Å²) in [6.07, 6.45) is 0. The molecule has 0 radical (unpaired) electrons. The van der Waals surface area contributed by atoms with Crippen molar-refractivity contribution in [3.8, 4) is 39.6 Å². The maximum absolute atomic E-state index is 5.23. The number of nitrogens with zero attached hydrogens (tertiary/aromatic N) is 3. The highest BCUT2D eigenvalue weighted by Crippen LogP contribution is 2.44. The Bertz CT molecular complexity index is 3080. The van der Waals surface area contributed by atoms with E-state index in [1.54, 1.807) is 0 Å². The van der Waals surface area contributed by atoms with Crippen LogP contribution < -0.4 is 0 Å². The van der Waals surface area contributed by atoms with Crippen LogP contribution in [0.2, 0.25) is 0 Å². The highest BCUT2D eigenvalue weighted by molar-refractivity contribution is 7.26. The molecule has 7 aromatic carbocycles. The summed E-state index contributed by atoms with van der Waals surface area (Å²) in [6, 6.07) is 58.8. The first-order valence-electron chi connectivity index (χ1n) is 17.1. The average molecular weight is 686 g/mol. The van der Waals surface area contributed by atoms with Gasteiger partial charge in [-0.05, 0) is 54.6 Å². The topological polar surface area (TPSA) is 30.7 Å². The predicted octanol–water partition coefficient (Wildman–Crippen LogP) is 13.3. The number of aromatic nitrogens is 3. The zero-order valence-electron chi connectivity index (χ0n) is 27.2. The van der Waals surface area contributed by atoms with Crippen molar-refractivity contribution in [3.63, 3.8) is 0 Å². The summed E-state index contributed by atoms with van der Waals surface area (Å²) in [4.78, 5) is 10.3. The second kappa shape index (κ2) is 11.2. The molecular weight excluding hydrogens is 659 g/mol. The summed E-state index contributed by atoms with van der Waals surface area (Å²) >= 11 is 3.71. The lowest BCUT2D eigenvalue weighted by Crippen LogP contribution is -1.96. The van der Waals surface area contributed by atoms with E-state index >= 15 is 0 Å². The Morgan fingerprint density at radius 2 is 1.08 bits per heavy atom. The van der Waals surface area contributed by atoms with Gasteiger partial charge in [0.15, 0.2) is 5.82 Å². The number of hydrogen-bond donors (Lipinski definition) is 0. The highest BCUT2D eigenvalue weighted by atomic mass is 32.1. The van der Waals surface area contributed by atoms with Crippen LogP contribution in [0.5, 0.6) is 0 Å².